The number of rotatable bonds is 6. The highest BCUT2D eigenvalue weighted by molar-refractivity contribution is 6.00. The molecule has 174 valence electrons. The summed E-state index contributed by atoms with van der Waals surface area (Å²) in [4.78, 5) is 29.6. The molecular weight excluding hydrogens is 418 g/mol. The van der Waals surface area contributed by atoms with Gasteiger partial charge >= 0.3 is 0 Å². The lowest BCUT2D eigenvalue weighted by Crippen LogP contribution is -2.50. The zero-order valence-electron chi connectivity index (χ0n) is 19.7. The molecular formula is C26H31N3O4. The molecule has 4 rings (SSSR count). The van der Waals surface area contributed by atoms with Crippen LogP contribution in [0, 0.1) is 20.8 Å². The van der Waals surface area contributed by atoms with Crippen LogP contribution in [-0.4, -0.2) is 68.0 Å². The van der Waals surface area contributed by atoms with Crippen molar-refractivity contribution in [2.75, 3.05) is 46.4 Å². The van der Waals surface area contributed by atoms with Crippen LogP contribution in [-0.2, 0) is 0 Å². The fourth-order valence-corrected chi connectivity index (χ4v) is 4.37. The zero-order chi connectivity index (χ0) is 23.5. The van der Waals surface area contributed by atoms with Gasteiger partial charge in [-0.2, -0.15) is 0 Å². The van der Waals surface area contributed by atoms with E-state index >= 15 is 0 Å². The van der Waals surface area contributed by atoms with E-state index < -0.39 is 0 Å². The van der Waals surface area contributed by atoms with E-state index in [1.165, 1.54) is 0 Å². The van der Waals surface area contributed by atoms with Crippen molar-refractivity contribution in [1.82, 2.24) is 15.1 Å². The second-order valence-corrected chi connectivity index (χ2v) is 8.58. The van der Waals surface area contributed by atoms with Crippen LogP contribution in [0.1, 0.15) is 37.6 Å². The summed E-state index contributed by atoms with van der Waals surface area (Å²) >= 11 is 0. The van der Waals surface area contributed by atoms with E-state index in [1.807, 2.05) is 31.7 Å². The fraction of sp³-hybridized carbons (Fsp3) is 0.385. The lowest BCUT2D eigenvalue weighted by molar-refractivity contribution is 0.0608. The Hall–Kier alpha value is -3.32. The summed E-state index contributed by atoms with van der Waals surface area (Å²) < 4.78 is 11.2. The minimum atomic E-state index is -0.0996. The van der Waals surface area contributed by atoms with Crippen LogP contribution in [0.2, 0.25) is 0 Å². The van der Waals surface area contributed by atoms with E-state index in [2.05, 4.69) is 16.3 Å². The first-order valence-corrected chi connectivity index (χ1v) is 11.3. The summed E-state index contributed by atoms with van der Waals surface area (Å²) in [5.74, 6) is 1.03. The van der Waals surface area contributed by atoms with Crippen LogP contribution >= 0.6 is 0 Å². The SMILES string of the molecule is COc1ccc(C(=O)NCCN2CCN(C(=O)c3oc4c(C)ccc(C)c4c3C)CC2)cc1. The Kier molecular flexibility index (Phi) is 6.70. The van der Waals surface area contributed by atoms with Crippen LogP contribution in [0.4, 0.5) is 0 Å². The molecule has 1 fully saturated rings. The number of piperazine rings is 1. The number of fused-ring (bicyclic) bond motifs is 1. The molecule has 2 amide bonds. The maximum absolute atomic E-state index is 13.2. The van der Waals surface area contributed by atoms with Crippen LogP contribution < -0.4 is 10.1 Å². The fourth-order valence-electron chi connectivity index (χ4n) is 4.37. The molecule has 7 nitrogen and oxygen atoms in total. The van der Waals surface area contributed by atoms with Gasteiger partial charge in [-0.25, -0.2) is 0 Å². The lowest BCUT2D eigenvalue weighted by Gasteiger charge is -2.34. The van der Waals surface area contributed by atoms with Gasteiger partial charge in [0.2, 0.25) is 0 Å². The van der Waals surface area contributed by atoms with Gasteiger partial charge in [0, 0.05) is 55.8 Å². The molecule has 0 atom stereocenters. The average molecular weight is 450 g/mol. The number of methoxy groups -OCH3 is 1. The van der Waals surface area contributed by atoms with Crippen molar-refractivity contribution >= 4 is 22.8 Å². The zero-order valence-corrected chi connectivity index (χ0v) is 19.7. The first-order chi connectivity index (χ1) is 15.9. The first kappa shape index (κ1) is 22.9. The van der Waals surface area contributed by atoms with Gasteiger partial charge in [-0.15, -0.1) is 0 Å². The molecule has 1 aromatic heterocycles. The Bertz CT molecular complexity index is 1160. The van der Waals surface area contributed by atoms with Crippen molar-refractivity contribution in [3.8, 4) is 5.75 Å². The highest BCUT2D eigenvalue weighted by Gasteiger charge is 2.27. The van der Waals surface area contributed by atoms with E-state index in [-0.39, 0.29) is 11.8 Å². The normalized spacial score (nSPS) is 14.5. The Morgan fingerprint density at radius 1 is 0.970 bits per heavy atom. The summed E-state index contributed by atoms with van der Waals surface area (Å²) in [5.41, 5.74) is 4.50. The van der Waals surface area contributed by atoms with Gasteiger partial charge in [-0.1, -0.05) is 12.1 Å². The molecule has 0 saturated carbocycles. The third-order valence-electron chi connectivity index (χ3n) is 6.40. The molecule has 33 heavy (non-hydrogen) atoms. The smallest absolute Gasteiger partial charge is 0.289 e. The second-order valence-electron chi connectivity index (χ2n) is 8.58. The maximum Gasteiger partial charge on any atom is 0.289 e. The lowest BCUT2D eigenvalue weighted by atomic mass is 10.0. The number of carbonyl (C=O) groups excluding carboxylic acids is 2. The molecule has 0 radical (unpaired) electrons. The number of ether oxygens (including phenoxy) is 1. The molecule has 0 aliphatic carbocycles. The molecule has 1 aliphatic rings. The Labute approximate surface area is 194 Å². The number of nitrogens with one attached hydrogen (secondary N) is 1. The number of carbonyl (C=O) groups is 2. The Balaban J connectivity index is 1.29. The van der Waals surface area contributed by atoms with E-state index in [9.17, 15) is 9.59 Å². The highest BCUT2D eigenvalue weighted by atomic mass is 16.5. The molecule has 1 N–H and O–H groups in total. The largest absolute Gasteiger partial charge is 0.497 e. The number of amides is 2. The van der Waals surface area contributed by atoms with Crippen molar-refractivity contribution in [3.05, 3.63) is 64.4 Å². The minimum Gasteiger partial charge on any atom is -0.497 e. The monoisotopic (exact) mass is 449 g/mol. The van der Waals surface area contributed by atoms with Crippen molar-refractivity contribution in [3.63, 3.8) is 0 Å². The van der Waals surface area contributed by atoms with E-state index in [0.29, 0.717) is 31.0 Å². The third kappa shape index (κ3) is 4.73. The number of aryl methyl sites for hydroxylation is 3. The van der Waals surface area contributed by atoms with Crippen LogP contribution in [0.3, 0.4) is 0 Å². The number of furan rings is 1. The molecule has 0 unspecified atom stereocenters. The topological polar surface area (TPSA) is 75.0 Å². The summed E-state index contributed by atoms with van der Waals surface area (Å²) in [6, 6.07) is 11.2. The van der Waals surface area contributed by atoms with Gasteiger partial charge in [-0.3, -0.25) is 14.5 Å². The van der Waals surface area contributed by atoms with E-state index in [0.717, 1.165) is 53.0 Å². The van der Waals surface area contributed by atoms with Gasteiger partial charge in [0.25, 0.3) is 11.8 Å². The number of hydrogen-bond acceptors (Lipinski definition) is 5. The molecule has 7 heteroatoms. The van der Waals surface area contributed by atoms with E-state index in [4.69, 9.17) is 9.15 Å². The summed E-state index contributed by atoms with van der Waals surface area (Å²) in [5, 5.41) is 4.01. The number of benzene rings is 2. The summed E-state index contributed by atoms with van der Waals surface area (Å²) in [6.45, 7) is 10.1. The molecule has 2 aromatic carbocycles. The molecule has 0 spiro atoms. The predicted octanol–water partition coefficient (Wildman–Crippen LogP) is 3.55. The van der Waals surface area contributed by atoms with Crippen molar-refractivity contribution in [1.29, 1.82) is 0 Å². The third-order valence-corrected chi connectivity index (χ3v) is 6.40. The molecule has 2 heterocycles. The van der Waals surface area contributed by atoms with Crippen LogP contribution in [0.5, 0.6) is 5.75 Å². The maximum atomic E-state index is 13.2. The average Bonchev–Trinajstić information content (AvgIpc) is 3.20. The summed E-state index contributed by atoms with van der Waals surface area (Å²) in [6.07, 6.45) is 0. The minimum absolute atomic E-state index is 0.0463. The van der Waals surface area contributed by atoms with Gasteiger partial charge < -0.3 is 19.4 Å². The molecule has 1 saturated heterocycles. The van der Waals surface area contributed by atoms with Gasteiger partial charge in [0.1, 0.15) is 11.3 Å². The summed E-state index contributed by atoms with van der Waals surface area (Å²) in [7, 11) is 1.60. The Morgan fingerprint density at radius 3 is 2.27 bits per heavy atom. The molecule has 1 aliphatic heterocycles. The van der Waals surface area contributed by atoms with Crippen molar-refractivity contribution in [2.24, 2.45) is 0 Å². The van der Waals surface area contributed by atoms with Crippen LogP contribution in [0.15, 0.2) is 40.8 Å². The van der Waals surface area contributed by atoms with E-state index in [1.54, 1.807) is 31.4 Å². The first-order valence-electron chi connectivity index (χ1n) is 11.3. The molecule has 3 aromatic rings. The quantitative estimate of drug-likeness (QED) is 0.623. The van der Waals surface area contributed by atoms with Crippen molar-refractivity contribution < 1.29 is 18.7 Å². The second kappa shape index (κ2) is 9.67. The van der Waals surface area contributed by atoms with Crippen molar-refractivity contribution in [2.45, 2.75) is 20.8 Å². The van der Waals surface area contributed by atoms with Crippen LogP contribution in [0.25, 0.3) is 11.0 Å². The van der Waals surface area contributed by atoms with Gasteiger partial charge in [0.05, 0.1) is 7.11 Å². The highest BCUT2D eigenvalue weighted by Crippen LogP contribution is 2.31. The van der Waals surface area contributed by atoms with Gasteiger partial charge in [-0.05, 0) is 56.2 Å². The number of nitrogens with zero attached hydrogens (tertiary/aromatic N) is 2. The Morgan fingerprint density at radius 2 is 1.64 bits per heavy atom. The standard InChI is InChI=1S/C26H31N3O4/c1-17-5-6-18(2)23-22(17)19(3)24(33-23)26(31)29-15-13-28(14-16-29)12-11-27-25(30)20-7-9-21(32-4)10-8-20/h5-10H,11-16H2,1-4H3,(H,27,30). The molecule has 0 bridgehead atoms. The number of hydrogen-bond donors (Lipinski definition) is 1. The predicted molar refractivity (Wildman–Crippen MR) is 128 cm³/mol. The van der Waals surface area contributed by atoms with Gasteiger partial charge in [0.15, 0.2) is 5.76 Å².